The Morgan fingerprint density at radius 2 is 0.591 bits per heavy atom. The molecule has 0 aliphatic heterocycles. The zero-order valence-corrected chi connectivity index (χ0v) is 36.0. The maximum Gasteiger partial charge on any atom is 0.295 e. The van der Waals surface area contributed by atoms with E-state index in [4.69, 9.17) is 9.11 Å². The Labute approximate surface area is 373 Å². The average molecular weight is 981 g/mol. The van der Waals surface area contributed by atoms with Gasteiger partial charge in [-0.1, -0.05) is 31.6 Å². The highest BCUT2D eigenvalue weighted by Crippen LogP contribution is 2.30. The quantitative estimate of drug-likeness (QED) is 0.0261. The number of benzene rings is 6. The van der Waals surface area contributed by atoms with Crippen LogP contribution in [-0.2, 0) is 40.5 Å². The maximum atomic E-state index is 13.0. The van der Waals surface area contributed by atoms with Crippen LogP contribution in [0.2, 0.25) is 0 Å². The van der Waals surface area contributed by atoms with Crippen molar-refractivity contribution >= 4 is 98.1 Å². The van der Waals surface area contributed by atoms with Crippen LogP contribution in [0.1, 0.15) is 11.1 Å². The third-order valence-electron chi connectivity index (χ3n) is 8.67. The molecule has 0 aliphatic carbocycles. The predicted molar refractivity (Wildman–Crippen MR) is 228 cm³/mol. The molecule has 0 aromatic heterocycles. The summed E-state index contributed by atoms with van der Waals surface area (Å²) in [4.78, 5) is -2.08. The first-order valence-corrected chi connectivity index (χ1v) is 23.6. The molecule has 0 fully saturated rings. The summed E-state index contributed by atoms with van der Waals surface area (Å²) in [5.74, 6) is 0. The number of hydrogen-bond donors (Lipinski definition) is 4. The van der Waals surface area contributed by atoms with Crippen LogP contribution < -0.4 is 0 Å². The highest BCUT2D eigenvalue weighted by molar-refractivity contribution is 7.86. The number of azo groups is 4. The van der Waals surface area contributed by atoms with Gasteiger partial charge in [-0.15, -0.1) is 0 Å². The largest absolute Gasteiger partial charge is 0.594 e. The molecule has 4 N–H and O–H groups in total. The van der Waals surface area contributed by atoms with Crippen molar-refractivity contribution in [2.24, 2.45) is 20.5 Å². The second-order valence-electron chi connectivity index (χ2n) is 13.2. The molecule has 28 heteroatoms. The van der Waals surface area contributed by atoms with Crippen LogP contribution in [0, 0.1) is 20.8 Å². The van der Waals surface area contributed by atoms with Gasteiger partial charge in [0.15, 0.2) is 0 Å². The van der Waals surface area contributed by atoms with E-state index in [-0.39, 0.29) is 64.7 Å². The van der Waals surface area contributed by atoms with Crippen molar-refractivity contribution in [2.45, 2.75) is 19.6 Å². The minimum atomic E-state index is -5.06. The third kappa shape index (κ3) is 12.1. The van der Waals surface area contributed by atoms with Gasteiger partial charge in [-0.05, 0) is 96.1 Å². The normalized spacial score (nSPS) is 13.6. The summed E-state index contributed by atoms with van der Waals surface area (Å²) in [5.41, 5.74) is -1.37. The van der Waals surface area contributed by atoms with E-state index in [1.165, 1.54) is 72.8 Å². The SMILES string of the molecule is O=S(=O)(O)c1ccc(N=[N+]([O-])c2ccc(N=[N+]([O-])c3ccc(C=Cc4ccc([N+]([O-])=Nc5ccc([N+]([O-])=Nc6ccc(S(=O)(=O)O)cc6)cc5)cc4S(=O)(=O)O)c(S(=O)(=O)O)c3)cc2)cc1. The van der Waals surface area contributed by atoms with E-state index in [9.17, 15) is 63.6 Å². The van der Waals surface area contributed by atoms with E-state index in [1.54, 1.807) is 0 Å². The Morgan fingerprint density at radius 1 is 0.348 bits per heavy atom. The summed E-state index contributed by atoms with van der Waals surface area (Å²) in [6, 6.07) is 24.6. The molecular formula is C38H28N8O16S4. The molecule has 6 aromatic rings. The van der Waals surface area contributed by atoms with Crippen molar-refractivity contribution in [1.29, 1.82) is 0 Å². The summed E-state index contributed by atoms with van der Waals surface area (Å²) in [5, 5.41) is 66.1. The van der Waals surface area contributed by atoms with Crippen molar-refractivity contribution < 1.29 is 71.3 Å². The summed E-state index contributed by atoms with van der Waals surface area (Å²) >= 11 is 0. The van der Waals surface area contributed by atoms with E-state index in [2.05, 4.69) is 20.5 Å². The molecule has 340 valence electrons. The summed E-state index contributed by atoms with van der Waals surface area (Å²) in [7, 11) is -19.0. The molecule has 0 atom stereocenters. The molecule has 24 nitrogen and oxygen atoms in total. The minimum Gasteiger partial charge on any atom is -0.594 e. The Kier molecular flexibility index (Phi) is 13.6. The molecule has 0 heterocycles. The predicted octanol–water partition coefficient (Wildman–Crippen LogP) is 8.55. The van der Waals surface area contributed by atoms with Gasteiger partial charge in [0.25, 0.3) is 40.5 Å². The van der Waals surface area contributed by atoms with E-state index in [1.807, 2.05) is 0 Å². The van der Waals surface area contributed by atoms with Gasteiger partial charge < -0.3 is 20.8 Å². The Hall–Kier alpha value is -7.70. The lowest BCUT2D eigenvalue weighted by molar-refractivity contribution is -0.436. The standard InChI is InChI=1S/C38H28N8O16S4/c47-43(39-29-9-19-35(20-10-29)63(51,52)53)31-15-5-27(6-16-31)41-45(49)33-13-3-25(37(23-33)65(57,58)59)1-2-26-4-14-34(24-38(26)66(60,61)62)46(50)42-28-7-17-32(18-8-28)44(48)40-30-11-21-36(22-12-30)64(54,55)56/h1-24H,(H,51,52,53)(H,54,55,56)(H,57,58,59)(H,60,61,62). The first-order chi connectivity index (χ1) is 30.8. The molecule has 0 radical (unpaired) electrons. The fourth-order valence-corrected chi connectivity index (χ4v) is 7.87. The molecule has 0 saturated carbocycles. The van der Waals surface area contributed by atoms with E-state index >= 15 is 0 Å². The van der Waals surface area contributed by atoms with E-state index < -0.39 is 71.4 Å². The molecule has 0 unspecified atom stereocenters. The molecule has 66 heavy (non-hydrogen) atoms. The Balaban J connectivity index is 1.19. The van der Waals surface area contributed by atoms with Crippen molar-refractivity contribution in [2.75, 3.05) is 0 Å². The van der Waals surface area contributed by atoms with Gasteiger partial charge in [-0.2, -0.15) is 33.7 Å². The molecular weight excluding hydrogens is 953 g/mol. The van der Waals surface area contributed by atoms with Gasteiger partial charge in [0.1, 0.15) is 32.5 Å². The van der Waals surface area contributed by atoms with Gasteiger partial charge >= 0.3 is 0 Å². The molecule has 6 rings (SSSR count). The highest BCUT2D eigenvalue weighted by Gasteiger charge is 2.22. The van der Waals surface area contributed by atoms with Crippen molar-refractivity contribution in [3.05, 3.63) is 165 Å². The molecule has 0 bridgehead atoms. The fraction of sp³-hybridized carbons (Fsp3) is 0. The lowest BCUT2D eigenvalue weighted by Crippen LogP contribution is -2.03. The third-order valence-corrected chi connectivity index (χ3v) is 12.2. The Bertz CT molecular complexity index is 3240. The molecule has 0 spiro atoms. The number of hydrogen-bond acceptors (Lipinski definition) is 16. The van der Waals surface area contributed by atoms with Gasteiger partial charge in [0, 0.05) is 69.0 Å². The van der Waals surface area contributed by atoms with Crippen LogP contribution in [-0.4, -0.2) is 71.3 Å². The Morgan fingerprint density at radius 3 is 0.848 bits per heavy atom. The van der Waals surface area contributed by atoms with Crippen molar-refractivity contribution in [3.8, 4) is 0 Å². The van der Waals surface area contributed by atoms with E-state index in [0.29, 0.717) is 0 Å². The fourth-order valence-electron chi connectivity index (χ4n) is 5.50. The van der Waals surface area contributed by atoms with Crippen LogP contribution in [0.5, 0.6) is 0 Å². The van der Waals surface area contributed by atoms with Gasteiger partial charge in [-0.3, -0.25) is 18.2 Å². The zero-order valence-electron chi connectivity index (χ0n) is 32.8. The van der Waals surface area contributed by atoms with Crippen LogP contribution in [0.15, 0.2) is 173 Å². The van der Waals surface area contributed by atoms with Crippen LogP contribution >= 0.6 is 0 Å². The molecule has 0 amide bonds. The highest BCUT2D eigenvalue weighted by atomic mass is 32.2. The lowest BCUT2D eigenvalue weighted by atomic mass is 10.1. The van der Waals surface area contributed by atoms with Crippen molar-refractivity contribution in [1.82, 2.24) is 0 Å². The topological polar surface area (TPSA) is 371 Å². The summed E-state index contributed by atoms with van der Waals surface area (Å²) < 4.78 is 133. The monoisotopic (exact) mass is 980 g/mol. The summed E-state index contributed by atoms with van der Waals surface area (Å²) in [6.07, 6.45) is 2.07. The second kappa shape index (κ2) is 18.8. The second-order valence-corrected chi connectivity index (χ2v) is 18.8. The summed E-state index contributed by atoms with van der Waals surface area (Å²) in [6.45, 7) is 0. The van der Waals surface area contributed by atoms with E-state index in [0.717, 1.165) is 72.8 Å². The first kappa shape index (κ1) is 47.8. The first-order valence-electron chi connectivity index (χ1n) is 17.9. The van der Waals surface area contributed by atoms with Gasteiger partial charge in [-0.25, -0.2) is 0 Å². The van der Waals surface area contributed by atoms with Crippen LogP contribution in [0.4, 0.5) is 45.5 Å². The smallest absolute Gasteiger partial charge is 0.295 e. The maximum absolute atomic E-state index is 13.0. The number of rotatable bonds is 14. The molecule has 0 aliphatic rings. The van der Waals surface area contributed by atoms with Gasteiger partial charge in [0.05, 0.1) is 9.79 Å². The average Bonchev–Trinajstić information content (AvgIpc) is 3.25. The number of nitrogens with zero attached hydrogens (tertiary/aromatic N) is 8. The van der Waals surface area contributed by atoms with Crippen molar-refractivity contribution in [3.63, 3.8) is 0 Å². The van der Waals surface area contributed by atoms with Gasteiger partial charge in [0.2, 0.25) is 22.7 Å². The van der Waals surface area contributed by atoms with Crippen LogP contribution in [0.25, 0.3) is 12.2 Å². The van der Waals surface area contributed by atoms with Crippen LogP contribution in [0.3, 0.4) is 0 Å². The molecule has 0 saturated heterocycles. The molecule has 6 aromatic carbocycles. The lowest BCUT2D eigenvalue weighted by Gasteiger charge is -2.07. The minimum absolute atomic E-state index is 0.00479. The zero-order chi connectivity index (χ0) is 48.2.